The van der Waals surface area contributed by atoms with E-state index in [0.29, 0.717) is 45.6 Å². The second-order valence-electron chi connectivity index (χ2n) is 8.74. The van der Waals surface area contributed by atoms with Crippen molar-refractivity contribution in [1.82, 2.24) is 14.8 Å². The molecular formula is C26H28FN3O3. The van der Waals surface area contributed by atoms with E-state index in [1.165, 1.54) is 12.1 Å². The molecule has 0 radical (unpaired) electrons. The standard InChI is InChI=1S/C26H28FN3O3/c27-19-8-10-22-21(17-19)20(25(28-22)18-5-2-1-3-6-18)9-11-24(31)29-12-14-30(15-13-29)26(32)23-7-4-16-33-23/h1-3,5-6,8,10,17,23,28H,4,7,9,11-16H2. The number of piperazine rings is 1. The van der Waals surface area contributed by atoms with Crippen molar-refractivity contribution in [2.24, 2.45) is 0 Å². The van der Waals surface area contributed by atoms with Crippen LogP contribution in [0.4, 0.5) is 4.39 Å². The van der Waals surface area contributed by atoms with Gasteiger partial charge in [0.25, 0.3) is 5.91 Å². The number of carbonyl (C=O) groups excluding carboxylic acids is 2. The molecule has 3 heterocycles. The second kappa shape index (κ2) is 9.35. The molecule has 0 saturated carbocycles. The Bertz CT molecular complexity index is 1150. The van der Waals surface area contributed by atoms with Crippen molar-refractivity contribution >= 4 is 22.7 Å². The van der Waals surface area contributed by atoms with E-state index in [9.17, 15) is 14.0 Å². The van der Waals surface area contributed by atoms with Gasteiger partial charge in [0.05, 0.1) is 0 Å². The first kappa shape index (κ1) is 21.6. The molecule has 172 valence electrons. The van der Waals surface area contributed by atoms with E-state index in [-0.39, 0.29) is 23.7 Å². The lowest BCUT2D eigenvalue weighted by Gasteiger charge is -2.35. The summed E-state index contributed by atoms with van der Waals surface area (Å²) in [7, 11) is 0. The van der Waals surface area contributed by atoms with Gasteiger partial charge in [-0.25, -0.2) is 4.39 Å². The molecule has 6 nitrogen and oxygen atoms in total. The minimum Gasteiger partial charge on any atom is -0.368 e. The number of H-pyrrole nitrogens is 1. The number of aryl methyl sites for hydroxylation is 1. The third-order valence-corrected chi connectivity index (χ3v) is 6.67. The minimum absolute atomic E-state index is 0.0490. The molecule has 2 fully saturated rings. The van der Waals surface area contributed by atoms with Gasteiger partial charge in [-0.3, -0.25) is 9.59 Å². The van der Waals surface area contributed by atoms with Gasteiger partial charge < -0.3 is 19.5 Å². The van der Waals surface area contributed by atoms with Gasteiger partial charge in [-0.05, 0) is 48.6 Å². The largest absolute Gasteiger partial charge is 0.368 e. The maximum Gasteiger partial charge on any atom is 0.251 e. The molecule has 5 rings (SSSR count). The summed E-state index contributed by atoms with van der Waals surface area (Å²) in [4.78, 5) is 32.6. The van der Waals surface area contributed by atoms with Crippen molar-refractivity contribution in [2.75, 3.05) is 32.8 Å². The second-order valence-corrected chi connectivity index (χ2v) is 8.74. The van der Waals surface area contributed by atoms with Gasteiger partial charge in [-0.15, -0.1) is 0 Å². The van der Waals surface area contributed by atoms with Crippen LogP contribution in [-0.4, -0.2) is 65.5 Å². The summed E-state index contributed by atoms with van der Waals surface area (Å²) in [6.07, 6.45) is 2.25. The summed E-state index contributed by atoms with van der Waals surface area (Å²) >= 11 is 0. The van der Waals surface area contributed by atoms with Crippen LogP contribution in [0.25, 0.3) is 22.2 Å². The van der Waals surface area contributed by atoms with Gasteiger partial charge in [0.15, 0.2) is 0 Å². The third kappa shape index (κ3) is 4.50. The number of fused-ring (bicyclic) bond motifs is 1. The lowest BCUT2D eigenvalue weighted by molar-refractivity contribution is -0.146. The molecule has 33 heavy (non-hydrogen) atoms. The summed E-state index contributed by atoms with van der Waals surface area (Å²) in [5, 5.41) is 0.814. The number of halogens is 1. The zero-order valence-electron chi connectivity index (χ0n) is 18.6. The van der Waals surface area contributed by atoms with Crippen molar-refractivity contribution < 1.29 is 18.7 Å². The van der Waals surface area contributed by atoms with Crippen molar-refractivity contribution in [3.05, 3.63) is 59.9 Å². The summed E-state index contributed by atoms with van der Waals surface area (Å²) in [5.74, 6) is -0.183. The van der Waals surface area contributed by atoms with E-state index in [1.807, 2.05) is 40.1 Å². The molecular weight excluding hydrogens is 421 g/mol. The molecule has 2 aromatic carbocycles. The van der Waals surface area contributed by atoms with Crippen LogP contribution in [0.15, 0.2) is 48.5 Å². The van der Waals surface area contributed by atoms with Crippen LogP contribution in [-0.2, 0) is 20.7 Å². The topological polar surface area (TPSA) is 65.6 Å². The minimum atomic E-state index is -0.314. The summed E-state index contributed by atoms with van der Waals surface area (Å²) < 4.78 is 19.5. The fourth-order valence-electron chi connectivity index (χ4n) is 4.87. The molecule has 0 spiro atoms. The first-order chi connectivity index (χ1) is 16.1. The van der Waals surface area contributed by atoms with Crippen molar-refractivity contribution in [3.63, 3.8) is 0 Å². The number of rotatable bonds is 5. The maximum atomic E-state index is 14.0. The van der Waals surface area contributed by atoms with Crippen LogP contribution in [0.1, 0.15) is 24.8 Å². The van der Waals surface area contributed by atoms with Crippen LogP contribution in [0.5, 0.6) is 0 Å². The Morgan fingerprint density at radius 3 is 2.52 bits per heavy atom. The van der Waals surface area contributed by atoms with Gasteiger partial charge in [0.2, 0.25) is 5.91 Å². The average molecular weight is 450 g/mol. The van der Waals surface area contributed by atoms with E-state index >= 15 is 0 Å². The number of carbonyl (C=O) groups is 2. The molecule has 0 bridgehead atoms. The number of ether oxygens (including phenoxy) is 1. The molecule has 1 aromatic heterocycles. The van der Waals surface area contributed by atoms with E-state index < -0.39 is 0 Å². The zero-order valence-corrected chi connectivity index (χ0v) is 18.6. The summed E-state index contributed by atoms with van der Waals surface area (Å²) in [5.41, 5.74) is 3.75. The lowest BCUT2D eigenvalue weighted by Crippen LogP contribution is -2.52. The van der Waals surface area contributed by atoms with E-state index in [1.54, 1.807) is 6.07 Å². The molecule has 2 saturated heterocycles. The SMILES string of the molecule is O=C(CCc1c(-c2ccccc2)[nH]c2ccc(F)cc12)N1CCN(C(=O)C2CCCO2)CC1. The van der Waals surface area contributed by atoms with Gasteiger partial charge in [0, 0.05) is 55.8 Å². The van der Waals surface area contributed by atoms with Crippen LogP contribution in [0, 0.1) is 5.82 Å². The lowest BCUT2D eigenvalue weighted by atomic mass is 10.0. The highest BCUT2D eigenvalue weighted by atomic mass is 19.1. The first-order valence-corrected chi connectivity index (χ1v) is 11.6. The van der Waals surface area contributed by atoms with E-state index in [0.717, 1.165) is 40.6 Å². The zero-order chi connectivity index (χ0) is 22.8. The Labute approximate surface area is 192 Å². The van der Waals surface area contributed by atoms with Gasteiger partial charge in [0.1, 0.15) is 11.9 Å². The smallest absolute Gasteiger partial charge is 0.251 e. The summed E-state index contributed by atoms with van der Waals surface area (Å²) in [6.45, 7) is 2.80. The number of benzene rings is 2. The van der Waals surface area contributed by atoms with Crippen LogP contribution >= 0.6 is 0 Å². The highest BCUT2D eigenvalue weighted by molar-refractivity contribution is 5.91. The first-order valence-electron chi connectivity index (χ1n) is 11.6. The molecule has 0 aliphatic carbocycles. The molecule has 1 atom stereocenters. The van der Waals surface area contributed by atoms with E-state index in [4.69, 9.17) is 4.74 Å². The van der Waals surface area contributed by atoms with Crippen molar-refractivity contribution in [2.45, 2.75) is 31.8 Å². The Hall–Kier alpha value is -3.19. The molecule has 2 aliphatic heterocycles. The number of aromatic nitrogens is 1. The van der Waals surface area contributed by atoms with Crippen LogP contribution in [0.2, 0.25) is 0 Å². The highest BCUT2D eigenvalue weighted by Crippen LogP contribution is 2.32. The van der Waals surface area contributed by atoms with Crippen molar-refractivity contribution in [3.8, 4) is 11.3 Å². The number of nitrogens with one attached hydrogen (secondary N) is 1. The fourth-order valence-corrected chi connectivity index (χ4v) is 4.87. The number of aromatic amines is 1. The van der Waals surface area contributed by atoms with Crippen molar-refractivity contribution in [1.29, 1.82) is 0 Å². The Morgan fingerprint density at radius 2 is 1.79 bits per heavy atom. The average Bonchev–Trinajstić information content (AvgIpc) is 3.51. The van der Waals surface area contributed by atoms with Crippen LogP contribution in [0.3, 0.4) is 0 Å². The fraction of sp³-hybridized carbons (Fsp3) is 0.385. The quantitative estimate of drug-likeness (QED) is 0.645. The predicted molar refractivity (Wildman–Crippen MR) is 124 cm³/mol. The molecule has 7 heteroatoms. The molecule has 3 aromatic rings. The predicted octanol–water partition coefficient (Wildman–Crippen LogP) is 3.76. The maximum absolute atomic E-state index is 14.0. The third-order valence-electron chi connectivity index (χ3n) is 6.67. The Morgan fingerprint density at radius 1 is 1.03 bits per heavy atom. The normalized spacial score (nSPS) is 18.8. The summed E-state index contributed by atoms with van der Waals surface area (Å²) in [6, 6.07) is 14.6. The molecule has 2 aliphatic rings. The van der Waals surface area contributed by atoms with Gasteiger partial charge in [-0.2, -0.15) is 0 Å². The van der Waals surface area contributed by atoms with E-state index in [2.05, 4.69) is 4.98 Å². The number of hydrogen-bond donors (Lipinski definition) is 1. The number of hydrogen-bond acceptors (Lipinski definition) is 3. The number of amides is 2. The number of nitrogens with zero attached hydrogens (tertiary/aromatic N) is 2. The Balaban J connectivity index is 1.27. The van der Waals surface area contributed by atoms with Gasteiger partial charge >= 0.3 is 0 Å². The van der Waals surface area contributed by atoms with Gasteiger partial charge in [-0.1, -0.05) is 30.3 Å². The molecule has 1 N–H and O–H groups in total. The Kier molecular flexibility index (Phi) is 6.13. The van der Waals surface area contributed by atoms with Crippen LogP contribution < -0.4 is 0 Å². The highest BCUT2D eigenvalue weighted by Gasteiger charge is 2.31. The molecule has 1 unspecified atom stereocenters. The monoisotopic (exact) mass is 449 g/mol. The molecule has 2 amide bonds.